The van der Waals surface area contributed by atoms with Gasteiger partial charge in [-0.2, -0.15) is 0 Å². The lowest BCUT2D eigenvalue weighted by molar-refractivity contribution is -0.131. The van der Waals surface area contributed by atoms with Gasteiger partial charge >= 0.3 is 0 Å². The maximum absolute atomic E-state index is 12.5. The molecule has 318 valence electrons. The van der Waals surface area contributed by atoms with Gasteiger partial charge in [0.2, 0.25) is 5.91 Å². The highest BCUT2D eigenvalue weighted by molar-refractivity contribution is 5.80. The third-order valence-corrected chi connectivity index (χ3v) is 11.0. The van der Waals surface area contributed by atoms with Crippen LogP contribution in [-0.2, 0) is 4.79 Å². The summed E-state index contributed by atoms with van der Waals surface area (Å²) in [4.78, 5) is 12.5. The van der Waals surface area contributed by atoms with Gasteiger partial charge in [-0.25, -0.2) is 0 Å². The molecular weight excluding hydrogens is 667 g/mol. The number of rotatable bonds is 43. The molecule has 0 heterocycles. The monoisotopic (exact) mass is 760 g/mol. The Morgan fingerprint density at radius 3 is 1.13 bits per heavy atom. The van der Waals surface area contributed by atoms with Gasteiger partial charge in [-0.05, 0) is 57.8 Å². The summed E-state index contributed by atoms with van der Waals surface area (Å²) in [5.41, 5.74) is 0. The highest BCUT2D eigenvalue weighted by Crippen LogP contribution is 2.15. The fourth-order valence-electron chi connectivity index (χ4n) is 7.20. The summed E-state index contributed by atoms with van der Waals surface area (Å²) in [5, 5.41) is 33.1. The van der Waals surface area contributed by atoms with E-state index in [1.165, 1.54) is 186 Å². The summed E-state index contributed by atoms with van der Waals surface area (Å²) < 4.78 is 0. The summed E-state index contributed by atoms with van der Waals surface area (Å²) >= 11 is 0. The number of hydrogen-bond acceptors (Lipinski definition) is 4. The van der Waals surface area contributed by atoms with Gasteiger partial charge in [0.05, 0.1) is 18.8 Å². The molecule has 0 spiro atoms. The highest BCUT2D eigenvalue weighted by Gasteiger charge is 2.22. The van der Waals surface area contributed by atoms with Crippen LogP contribution in [0.1, 0.15) is 245 Å². The lowest BCUT2D eigenvalue weighted by Crippen LogP contribution is -2.48. The van der Waals surface area contributed by atoms with Crippen molar-refractivity contribution in [2.45, 2.75) is 263 Å². The minimum Gasteiger partial charge on any atom is -0.394 e. The summed E-state index contributed by atoms with van der Waals surface area (Å²) in [6.45, 7) is 4.17. The smallest absolute Gasteiger partial charge is 0.249 e. The number of nitrogens with one attached hydrogen (secondary N) is 1. The Bertz CT molecular complexity index is 840. The van der Waals surface area contributed by atoms with Crippen molar-refractivity contribution in [3.8, 4) is 0 Å². The lowest BCUT2D eigenvalue weighted by atomic mass is 10.0. The van der Waals surface area contributed by atoms with E-state index in [0.29, 0.717) is 6.42 Å². The Labute approximate surface area is 336 Å². The number of carbonyl (C=O) groups excluding carboxylic acids is 1. The fourth-order valence-corrected chi connectivity index (χ4v) is 7.20. The van der Waals surface area contributed by atoms with Crippen molar-refractivity contribution >= 4 is 5.91 Å². The van der Waals surface area contributed by atoms with Crippen LogP contribution in [0.3, 0.4) is 0 Å². The Kier molecular flexibility index (Phi) is 43.1. The van der Waals surface area contributed by atoms with Gasteiger partial charge in [0, 0.05) is 0 Å². The van der Waals surface area contributed by atoms with Crippen molar-refractivity contribution in [2.24, 2.45) is 0 Å². The summed E-state index contributed by atoms with van der Waals surface area (Å²) in [6.07, 6.45) is 56.3. The van der Waals surface area contributed by atoms with E-state index in [1.54, 1.807) is 6.08 Å². The molecule has 54 heavy (non-hydrogen) atoms. The van der Waals surface area contributed by atoms with E-state index in [9.17, 15) is 20.1 Å². The minimum atomic E-state index is -1.11. The molecule has 0 aliphatic heterocycles. The number of aliphatic hydroxyl groups excluding tert-OH is 3. The Hall–Kier alpha value is -1.43. The first-order chi connectivity index (χ1) is 26.6. The SMILES string of the molecule is CCCCCCCCC/C=C/CC/C=C/C(O)C(CO)NC(=O)C(O)CCCCCCCCCCCCC/C=C\CCCCCCCCCCCCCC. The van der Waals surface area contributed by atoms with Crippen molar-refractivity contribution in [3.63, 3.8) is 0 Å². The highest BCUT2D eigenvalue weighted by atomic mass is 16.3. The van der Waals surface area contributed by atoms with Crippen LogP contribution in [-0.4, -0.2) is 46.1 Å². The number of unbranched alkanes of at least 4 members (excludes halogenated alkanes) is 31. The van der Waals surface area contributed by atoms with Crippen molar-refractivity contribution in [3.05, 3.63) is 36.5 Å². The van der Waals surface area contributed by atoms with Gasteiger partial charge in [-0.1, -0.05) is 224 Å². The molecule has 0 aliphatic rings. The molecule has 1 amide bonds. The van der Waals surface area contributed by atoms with Gasteiger partial charge in [-0.3, -0.25) is 4.79 Å². The second kappa shape index (κ2) is 44.3. The zero-order valence-electron chi connectivity index (χ0n) is 36.1. The second-order valence-corrected chi connectivity index (χ2v) is 16.3. The second-order valence-electron chi connectivity index (χ2n) is 16.3. The molecule has 0 aromatic carbocycles. The Morgan fingerprint density at radius 2 is 0.759 bits per heavy atom. The van der Waals surface area contributed by atoms with Gasteiger partial charge in [-0.15, -0.1) is 0 Å². The predicted molar refractivity (Wildman–Crippen MR) is 236 cm³/mol. The normalized spacial score (nSPS) is 13.8. The molecule has 0 radical (unpaired) electrons. The van der Waals surface area contributed by atoms with E-state index >= 15 is 0 Å². The number of carbonyl (C=O) groups is 1. The topological polar surface area (TPSA) is 89.8 Å². The number of aliphatic hydroxyl groups is 3. The summed E-state index contributed by atoms with van der Waals surface area (Å²) in [5.74, 6) is -0.513. The Balaban J connectivity index is 3.60. The van der Waals surface area contributed by atoms with Crippen molar-refractivity contribution < 1.29 is 20.1 Å². The van der Waals surface area contributed by atoms with Gasteiger partial charge < -0.3 is 20.6 Å². The molecular formula is C49H93NO4. The van der Waals surface area contributed by atoms with Crippen LogP contribution in [0.4, 0.5) is 0 Å². The third kappa shape index (κ3) is 38.8. The number of allylic oxidation sites excluding steroid dienone is 5. The van der Waals surface area contributed by atoms with Crippen molar-refractivity contribution in [1.29, 1.82) is 0 Å². The lowest BCUT2D eigenvalue weighted by Gasteiger charge is -2.21. The van der Waals surface area contributed by atoms with Crippen molar-refractivity contribution in [1.82, 2.24) is 5.32 Å². The van der Waals surface area contributed by atoms with Gasteiger partial charge in [0.15, 0.2) is 0 Å². The molecule has 3 unspecified atom stereocenters. The Morgan fingerprint density at radius 1 is 0.444 bits per heavy atom. The maximum Gasteiger partial charge on any atom is 0.249 e. The minimum absolute atomic E-state index is 0.376. The van der Waals surface area contributed by atoms with E-state index in [-0.39, 0.29) is 6.61 Å². The van der Waals surface area contributed by atoms with E-state index in [0.717, 1.165) is 38.5 Å². The third-order valence-electron chi connectivity index (χ3n) is 11.0. The predicted octanol–water partition coefficient (Wildman–Crippen LogP) is 13.9. The van der Waals surface area contributed by atoms with E-state index in [1.807, 2.05) is 6.08 Å². The summed E-state index contributed by atoms with van der Waals surface area (Å²) in [6, 6.07) is -0.813. The van der Waals surface area contributed by atoms with Crippen LogP contribution in [0.25, 0.3) is 0 Å². The van der Waals surface area contributed by atoms with Gasteiger partial charge in [0.1, 0.15) is 6.10 Å². The molecule has 5 nitrogen and oxygen atoms in total. The van der Waals surface area contributed by atoms with Crippen LogP contribution in [0.15, 0.2) is 36.5 Å². The quantitative estimate of drug-likeness (QED) is 0.0368. The molecule has 0 bridgehead atoms. The first kappa shape index (κ1) is 52.6. The zero-order valence-corrected chi connectivity index (χ0v) is 36.1. The molecule has 3 atom stereocenters. The average Bonchev–Trinajstić information content (AvgIpc) is 3.18. The van der Waals surface area contributed by atoms with Crippen LogP contribution >= 0.6 is 0 Å². The molecule has 0 aliphatic carbocycles. The molecule has 5 heteroatoms. The fraction of sp³-hybridized carbons (Fsp3) is 0.857. The van der Waals surface area contributed by atoms with Crippen LogP contribution in [0.2, 0.25) is 0 Å². The van der Waals surface area contributed by atoms with E-state index in [4.69, 9.17) is 0 Å². The molecule has 4 N–H and O–H groups in total. The largest absolute Gasteiger partial charge is 0.394 e. The number of amides is 1. The van der Waals surface area contributed by atoms with Crippen LogP contribution in [0, 0.1) is 0 Å². The standard InChI is InChI=1S/C49H93NO4/c1-3-5-7-9-11-13-15-17-18-19-20-21-22-23-24-25-26-27-28-29-30-32-34-36-38-40-42-44-48(53)49(54)50-46(45-51)47(52)43-41-39-37-35-33-31-16-14-12-10-8-6-4-2/h23-24,33,35,41,43,46-48,51-53H,3-22,25-32,34,36-40,42,44-45H2,1-2H3,(H,50,54)/b24-23-,35-33+,43-41+. The molecule has 0 aromatic heterocycles. The van der Waals surface area contributed by atoms with Crippen LogP contribution < -0.4 is 5.32 Å². The first-order valence-electron chi connectivity index (χ1n) is 23.8. The summed E-state index contributed by atoms with van der Waals surface area (Å²) in [7, 11) is 0. The molecule has 0 fully saturated rings. The first-order valence-corrected chi connectivity index (χ1v) is 23.8. The average molecular weight is 760 g/mol. The molecule has 0 saturated heterocycles. The number of hydrogen-bond donors (Lipinski definition) is 4. The maximum atomic E-state index is 12.5. The van der Waals surface area contributed by atoms with E-state index < -0.39 is 24.2 Å². The zero-order chi connectivity index (χ0) is 39.4. The van der Waals surface area contributed by atoms with Crippen LogP contribution in [0.5, 0.6) is 0 Å². The molecule has 0 saturated carbocycles. The molecule has 0 rings (SSSR count). The van der Waals surface area contributed by atoms with Crippen molar-refractivity contribution in [2.75, 3.05) is 6.61 Å². The van der Waals surface area contributed by atoms with Gasteiger partial charge in [0.25, 0.3) is 0 Å². The molecule has 0 aromatic rings. The van der Waals surface area contributed by atoms with E-state index in [2.05, 4.69) is 43.5 Å².